The Kier molecular flexibility index (Phi) is 4.37. The third-order valence-electron chi connectivity index (χ3n) is 1.25. The van der Waals surface area contributed by atoms with Gasteiger partial charge in [-0.25, -0.2) is 4.40 Å². The van der Waals surface area contributed by atoms with E-state index in [1.807, 2.05) is 0 Å². The van der Waals surface area contributed by atoms with Crippen molar-refractivity contribution in [2.75, 3.05) is 5.75 Å². The van der Waals surface area contributed by atoms with Crippen LogP contribution in [0.5, 0.6) is 0 Å². The van der Waals surface area contributed by atoms with E-state index in [2.05, 4.69) is 4.40 Å². The van der Waals surface area contributed by atoms with Crippen LogP contribution in [0.15, 0.2) is 15.3 Å². The SMILES string of the molecule is Cn1sc(Cl)cc1=O.O=C1C=NSC1. The molecule has 1 aromatic rings. The Morgan fingerprint density at radius 2 is 2.29 bits per heavy atom. The second kappa shape index (κ2) is 5.33. The molecule has 4 nitrogen and oxygen atoms in total. The number of ketones is 1. The molecular formula is C7H7ClN2O2S2. The number of carbonyl (C=O) groups excluding carboxylic acids is 1. The van der Waals surface area contributed by atoms with Crippen molar-refractivity contribution in [1.29, 1.82) is 0 Å². The Labute approximate surface area is 93.9 Å². The van der Waals surface area contributed by atoms with Crippen molar-refractivity contribution >= 4 is 47.1 Å². The fourth-order valence-corrected chi connectivity index (χ4v) is 2.05. The normalized spacial score (nSPS) is 14.0. The van der Waals surface area contributed by atoms with Gasteiger partial charge in [-0.3, -0.25) is 13.5 Å². The Morgan fingerprint density at radius 1 is 1.57 bits per heavy atom. The summed E-state index contributed by atoms with van der Waals surface area (Å²) >= 11 is 8.00. The largest absolute Gasteiger partial charge is 0.292 e. The van der Waals surface area contributed by atoms with Crippen LogP contribution in [0.2, 0.25) is 4.34 Å². The molecule has 0 aromatic carbocycles. The molecule has 0 amide bonds. The highest BCUT2D eigenvalue weighted by molar-refractivity contribution is 7.99. The van der Waals surface area contributed by atoms with Crippen LogP contribution in [0.4, 0.5) is 0 Å². The summed E-state index contributed by atoms with van der Waals surface area (Å²) in [4.78, 5) is 20.6. The zero-order valence-electron chi connectivity index (χ0n) is 7.27. The highest BCUT2D eigenvalue weighted by atomic mass is 35.5. The number of aromatic nitrogens is 1. The molecule has 2 heterocycles. The quantitative estimate of drug-likeness (QED) is 0.654. The fraction of sp³-hybridized carbons (Fsp3) is 0.286. The molecule has 14 heavy (non-hydrogen) atoms. The third kappa shape index (κ3) is 3.65. The maximum absolute atomic E-state index is 10.5. The number of carbonyl (C=O) groups is 1. The topological polar surface area (TPSA) is 51.4 Å². The number of aryl methyl sites for hydroxylation is 1. The number of nitrogens with zero attached hydrogens (tertiary/aromatic N) is 2. The van der Waals surface area contributed by atoms with Crippen molar-refractivity contribution in [2.45, 2.75) is 0 Å². The van der Waals surface area contributed by atoms with Crippen LogP contribution < -0.4 is 5.56 Å². The summed E-state index contributed by atoms with van der Waals surface area (Å²) in [6.07, 6.45) is 1.35. The summed E-state index contributed by atoms with van der Waals surface area (Å²) < 4.78 is 5.62. The Morgan fingerprint density at radius 3 is 2.43 bits per heavy atom. The molecule has 0 spiro atoms. The van der Waals surface area contributed by atoms with E-state index in [4.69, 9.17) is 11.6 Å². The smallest absolute Gasteiger partial charge is 0.261 e. The first-order chi connectivity index (χ1) is 6.59. The standard InChI is InChI=1S/C4H4ClNOS.C3H3NOS/c1-6-4(7)2-3(5)8-6;5-3-1-4-6-2-3/h2H,1H3;1H,2H2. The molecule has 76 valence electrons. The molecule has 0 radical (unpaired) electrons. The van der Waals surface area contributed by atoms with Crippen LogP contribution in [0.1, 0.15) is 0 Å². The van der Waals surface area contributed by atoms with Gasteiger partial charge in [0.05, 0.1) is 12.0 Å². The zero-order valence-corrected chi connectivity index (χ0v) is 9.66. The van der Waals surface area contributed by atoms with Crippen molar-refractivity contribution in [1.82, 2.24) is 3.96 Å². The molecule has 0 saturated heterocycles. The number of hydrogen-bond acceptors (Lipinski definition) is 5. The van der Waals surface area contributed by atoms with E-state index in [-0.39, 0.29) is 11.3 Å². The van der Waals surface area contributed by atoms with E-state index in [0.717, 1.165) is 0 Å². The van der Waals surface area contributed by atoms with Crippen LogP contribution in [-0.2, 0) is 11.8 Å². The number of hydrogen-bond donors (Lipinski definition) is 0. The van der Waals surface area contributed by atoms with Crippen molar-refractivity contribution in [3.05, 3.63) is 20.8 Å². The third-order valence-corrected chi connectivity index (χ3v) is 2.98. The van der Waals surface area contributed by atoms with Crippen LogP contribution in [0, 0.1) is 0 Å². The minimum Gasteiger partial charge on any atom is -0.292 e. The lowest BCUT2D eigenvalue weighted by Crippen LogP contribution is -2.05. The Hall–Kier alpha value is -0.590. The number of Topliss-reactive ketones (excluding diaryl/α,β-unsaturated/α-hetero) is 1. The molecule has 1 aliphatic rings. The molecule has 0 bridgehead atoms. The van der Waals surface area contributed by atoms with Gasteiger partial charge in [0.25, 0.3) is 5.56 Å². The van der Waals surface area contributed by atoms with E-state index in [1.54, 1.807) is 7.05 Å². The minimum absolute atomic E-state index is 0.0417. The molecule has 0 saturated carbocycles. The summed E-state index contributed by atoms with van der Waals surface area (Å²) in [5.74, 6) is 0.667. The fourth-order valence-electron chi connectivity index (χ4n) is 0.624. The average Bonchev–Trinajstić information content (AvgIpc) is 2.65. The van der Waals surface area contributed by atoms with Gasteiger partial charge in [-0.15, -0.1) is 0 Å². The molecule has 0 N–H and O–H groups in total. The van der Waals surface area contributed by atoms with Crippen molar-refractivity contribution in [3.8, 4) is 0 Å². The van der Waals surface area contributed by atoms with Gasteiger partial charge in [0.15, 0.2) is 5.78 Å². The summed E-state index contributed by atoms with van der Waals surface area (Å²) in [6, 6.07) is 1.40. The number of halogens is 1. The van der Waals surface area contributed by atoms with Gasteiger partial charge in [-0.2, -0.15) is 0 Å². The predicted octanol–water partition coefficient (Wildman–Crippen LogP) is 1.39. The molecule has 0 unspecified atom stereocenters. The summed E-state index contributed by atoms with van der Waals surface area (Å²) in [7, 11) is 1.68. The highest BCUT2D eigenvalue weighted by Gasteiger charge is 2.01. The van der Waals surface area contributed by atoms with Crippen molar-refractivity contribution < 1.29 is 4.79 Å². The van der Waals surface area contributed by atoms with Crippen molar-refractivity contribution in [2.24, 2.45) is 11.4 Å². The first kappa shape index (κ1) is 11.5. The first-order valence-corrected chi connectivity index (χ1v) is 5.70. The van der Waals surface area contributed by atoms with Gasteiger partial charge >= 0.3 is 0 Å². The minimum atomic E-state index is -0.0417. The molecule has 1 aliphatic heterocycles. The van der Waals surface area contributed by atoms with Crippen LogP contribution in [0.25, 0.3) is 0 Å². The Bertz CT molecular complexity index is 410. The maximum Gasteiger partial charge on any atom is 0.261 e. The predicted molar refractivity (Wildman–Crippen MR) is 60.5 cm³/mol. The summed E-state index contributed by atoms with van der Waals surface area (Å²) in [6.45, 7) is 0. The van der Waals surface area contributed by atoms with Gasteiger partial charge in [0.2, 0.25) is 0 Å². The van der Waals surface area contributed by atoms with Gasteiger partial charge in [-0.05, 0) is 23.5 Å². The molecule has 1 aromatic heterocycles. The average molecular weight is 251 g/mol. The lowest BCUT2D eigenvalue weighted by molar-refractivity contribution is -0.110. The van der Waals surface area contributed by atoms with Gasteiger partial charge < -0.3 is 0 Å². The van der Waals surface area contributed by atoms with Crippen LogP contribution in [-0.4, -0.2) is 21.7 Å². The van der Waals surface area contributed by atoms with Crippen LogP contribution in [0.3, 0.4) is 0 Å². The zero-order chi connectivity index (χ0) is 10.6. The van der Waals surface area contributed by atoms with E-state index < -0.39 is 0 Å². The van der Waals surface area contributed by atoms with E-state index in [1.165, 1.54) is 39.7 Å². The first-order valence-electron chi connectivity index (χ1n) is 3.60. The van der Waals surface area contributed by atoms with Gasteiger partial charge in [-0.1, -0.05) is 11.6 Å². The van der Waals surface area contributed by atoms with E-state index >= 15 is 0 Å². The molecule has 0 aliphatic carbocycles. The molecule has 7 heteroatoms. The van der Waals surface area contributed by atoms with E-state index in [9.17, 15) is 9.59 Å². The Balaban J connectivity index is 0.000000146. The molecular weight excluding hydrogens is 244 g/mol. The highest BCUT2D eigenvalue weighted by Crippen LogP contribution is 2.09. The second-order valence-corrected chi connectivity index (χ2v) is 4.91. The lowest BCUT2D eigenvalue weighted by atomic mass is 10.5. The number of rotatable bonds is 0. The van der Waals surface area contributed by atoms with E-state index in [0.29, 0.717) is 10.1 Å². The van der Waals surface area contributed by atoms with Crippen molar-refractivity contribution in [3.63, 3.8) is 0 Å². The maximum atomic E-state index is 10.5. The summed E-state index contributed by atoms with van der Waals surface area (Å²) in [5, 5.41) is 0. The molecule has 0 atom stereocenters. The second-order valence-electron chi connectivity index (χ2n) is 2.35. The molecule has 2 rings (SSSR count). The van der Waals surface area contributed by atoms with Crippen LogP contribution >= 0.6 is 35.1 Å². The monoisotopic (exact) mass is 250 g/mol. The lowest BCUT2D eigenvalue weighted by Gasteiger charge is -1.77. The van der Waals surface area contributed by atoms with Gasteiger partial charge in [0.1, 0.15) is 4.34 Å². The molecule has 0 fully saturated rings. The summed E-state index contributed by atoms with van der Waals surface area (Å²) in [5.41, 5.74) is -0.0417. The van der Waals surface area contributed by atoms with Gasteiger partial charge in [0, 0.05) is 13.1 Å².